The summed E-state index contributed by atoms with van der Waals surface area (Å²) >= 11 is 0. The Hall–Kier alpha value is -2.83. The van der Waals surface area contributed by atoms with E-state index in [0.29, 0.717) is 12.1 Å². The smallest absolute Gasteiger partial charge is 0.289 e. The van der Waals surface area contributed by atoms with Gasteiger partial charge in [-0.3, -0.25) is 9.59 Å². The molecule has 0 heterocycles. The number of hydrogen-bond donors (Lipinski definition) is 0. The van der Waals surface area contributed by atoms with E-state index in [9.17, 15) is 31.5 Å². The number of carbonyl (C=O) groups excluding carboxylic acids is 2. The van der Waals surface area contributed by atoms with Crippen molar-refractivity contribution < 1.29 is 31.5 Å². The van der Waals surface area contributed by atoms with Crippen LogP contribution in [0, 0.1) is 11.6 Å². The molecule has 1 aliphatic rings. The summed E-state index contributed by atoms with van der Waals surface area (Å²) in [5.74, 6) is -3.21. The van der Waals surface area contributed by atoms with E-state index in [1.54, 1.807) is 0 Å². The molecule has 0 amide bonds. The maximum atomic E-state index is 13.4. The van der Waals surface area contributed by atoms with Crippen LogP contribution in [0.5, 0.6) is 0 Å². The Bertz CT molecular complexity index is 970. The number of benzene rings is 2. The van der Waals surface area contributed by atoms with E-state index in [0.717, 1.165) is 18.2 Å². The van der Waals surface area contributed by atoms with Crippen LogP contribution in [0.25, 0.3) is 0 Å². The summed E-state index contributed by atoms with van der Waals surface area (Å²) < 4.78 is 65.3. The molecule has 0 N–H and O–H groups in total. The molecule has 134 valence electrons. The zero-order valence-electron chi connectivity index (χ0n) is 13.4. The number of halogens is 5. The molecule has 0 fully saturated rings. The first-order valence-electron chi connectivity index (χ1n) is 7.54. The second kappa shape index (κ2) is 6.16. The van der Waals surface area contributed by atoms with Crippen LogP contribution >= 0.6 is 0 Å². The van der Waals surface area contributed by atoms with E-state index in [1.165, 1.54) is 13.0 Å². The van der Waals surface area contributed by atoms with Gasteiger partial charge in [0.25, 0.3) is 0 Å². The SMILES string of the molecule is CC1=C(Cc2ccc(F)c(C(F)(F)F)c2)C(=O)c2ccc(F)cc2C1=O. The largest absolute Gasteiger partial charge is 0.419 e. The lowest BCUT2D eigenvalue weighted by Gasteiger charge is -2.19. The molecule has 0 aliphatic heterocycles. The highest BCUT2D eigenvalue weighted by Crippen LogP contribution is 2.34. The third kappa shape index (κ3) is 3.05. The van der Waals surface area contributed by atoms with Crippen LogP contribution in [-0.2, 0) is 12.6 Å². The normalized spacial score (nSPS) is 14.7. The van der Waals surface area contributed by atoms with Crippen molar-refractivity contribution >= 4 is 11.6 Å². The molecule has 26 heavy (non-hydrogen) atoms. The van der Waals surface area contributed by atoms with Crippen LogP contribution in [0.4, 0.5) is 22.0 Å². The van der Waals surface area contributed by atoms with Gasteiger partial charge in [-0.25, -0.2) is 8.78 Å². The average Bonchev–Trinajstić information content (AvgIpc) is 2.57. The van der Waals surface area contributed by atoms with Gasteiger partial charge >= 0.3 is 6.18 Å². The topological polar surface area (TPSA) is 34.1 Å². The van der Waals surface area contributed by atoms with Crippen molar-refractivity contribution in [2.24, 2.45) is 0 Å². The first-order chi connectivity index (χ1) is 12.1. The fraction of sp³-hybridized carbons (Fsp3) is 0.158. The summed E-state index contributed by atoms with van der Waals surface area (Å²) in [4.78, 5) is 25.0. The van der Waals surface area contributed by atoms with Crippen LogP contribution in [0.15, 0.2) is 47.5 Å². The number of allylic oxidation sites excluding steroid dienone is 2. The fourth-order valence-electron chi connectivity index (χ4n) is 2.89. The monoisotopic (exact) mass is 366 g/mol. The third-order valence-electron chi connectivity index (χ3n) is 4.26. The molecule has 0 bridgehead atoms. The minimum Gasteiger partial charge on any atom is -0.289 e. The van der Waals surface area contributed by atoms with Crippen molar-refractivity contribution in [3.63, 3.8) is 0 Å². The standard InChI is InChI=1S/C19H11F5O2/c1-9-13(6-10-2-5-16(21)15(7-10)19(22,23)24)18(26)12-4-3-11(20)8-14(12)17(9)25/h2-5,7-8H,6H2,1H3. The quantitative estimate of drug-likeness (QED) is 0.707. The minimum absolute atomic E-state index is 0.00448. The summed E-state index contributed by atoms with van der Waals surface area (Å²) in [5.41, 5.74) is -1.44. The van der Waals surface area contributed by atoms with Crippen molar-refractivity contribution in [2.75, 3.05) is 0 Å². The number of ketones is 2. The second-order valence-electron chi connectivity index (χ2n) is 5.94. The summed E-state index contributed by atoms with van der Waals surface area (Å²) in [7, 11) is 0. The molecular formula is C19H11F5O2. The van der Waals surface area contributed by atoms with Gasteiger partial charge in [0.05, 0.1) is 5.56 Å². The Morgan fingerprint density at radius 3 is 2.23 bits per heavy atom. The molecule has 3 rings (SSSR count). The van der Waals surface area contributed by atoms with Crippen molar-refractivity contribution in [3.8, 4) is 0 Å². The highest BCUT2D eigenvalue weighted by atomic mass is 19.4. The van der Waals surface area contributed by atoms with Crippen LogP contribution in [0.1, 0.15) is 38.8 Å². The summed E-state index contributed by atoms with van der Waals surface area (Å²) in [5, 5.41) is 0. The van der Waals surface area contributed by atoms with Crippen molar-refractivity contribution in [1.29, 1.82) is 0 Å². The first kappa shape index (κ1) is 18.0. The molecule has 0 saturated carbocycles. The Balaban J connectivity index is 2.03. The predicted octanol–water partition coefficient (Wildman–Crippen LogP) is 4.92. The lowest BCUT2D eigenvalue weighted by molar-refractivity contribution is -0.140. The van der Waals surface area contributed by atoms with Gasteiger partial charge in [0, 0.05) is 28.7 Å². The number of alkyl halides is 3. The Morgan fingerprint density at radius 1 is 0.885 bits per heavy atom. The van der Waals surface area contributed by atoms with Gasteiger partial charge in [-0.15, -0.1) is 0 Å². The van der Waals surface area contributed by atoms with Gasteiger partial charge in [0.1, 0.15) is 11.6 Å². The van der Waals surface area contributed by atoms with E-state index in [-0.39, 0.29) is 34.3 Å². The molecule has 0 radical (unpaired) electrons. The second-order valence-corrected chi connectivity index (χ2v) is 5.94. The number of fused-ring (bicyclic) bond motifs is 1. The van der Waals surface area contributed by atoms with Gasteiger partial charge in [-0.05, 0) is 42.8 Å². The van der Waals surface area contributed by atoms with Crippen LogP contribution < -0.4 is 0 Å². The van der Waals surface area contributed by atoms with Gasteiger partial charge in [0.15, 0.2) is 11.6 Å². The first-order valence-corrected chi connectivity index (χ1v) is 7.54. The minimum atomic E-state index is -4.87. The Kier molecular flexibility index (Phi) is 4.26. The molecule has 0 atom stereocenters. The molecule has 7 heteroatoms. The molecule has 0 aromatic heterocycles. The summed E-state index contributed by atoms with van der Waals surface area (Å²) in [6, 6.07) is 5.57. The molecule has 0 unspecified atom stereocenters. The number of carbonyl (C=O) groups is 2. The van der Waals surface area contributed by atoms with Crippen molar-refractivity contribution in [1.82, 2.24) is 0 Å². The van der Waals surface area contributed by atoms with E-state index in [2.05, 4.69) is 0 Å². The molecule has 0 spiro atoms. The third-order valence-corrected chi connectivity index (χ3v) is 4.26. The molecule has 0 saturated heterocycles. The van der Waals surface area contributed by atoms with Gasteiger partial charge < -0.3 is 0 Å². The van der Waals surface area contributed by atoms with Gasteiger partial charge in [0.2, 0.25) is 0 Å². The van der Waals surface area contributed by atoms with E-state index in [1.807, 2.05) is 0 Å². The number of Topliss-reactive ketones (excluding diaryl/α,β-unsaturated/α-hetero) is 2. The zero-order chi connectivity index (χ0) is 19.2. The predicted molar refractivity (Wildman–Crippen MR) is 82.9 cm³/mol. The molecule has 2 aromatic rings. The van der Waals surface area contributed by atoms with Crippen LogP contribution in [0.3, 0.4) is 0 Å². The number of rotatable bonds is 2. The molecule has 2 nitrogen and oxygen atoms in total. The lowest BCUT2D eigenvalue weighted by Crippen LogP contribution is -2.22. The number of hydrogen-bond acceptors (Lipinski definition) is 2. The molecule has 1 aliphatic carbocycles. The Labute approximate surface area is 144 Å². The van der Waals surface area contributed by atoms with E-state index >= 15 is 0 Å². The highest BCUT2D eigenvalue weighted by molar-refractivity contribution is 6.26. The molecule has 2 aromatic carbocycles. The maximum absolute atomic E-state index is 13.4. The zero-order valence-corrected chi connectivity index (χ0v) is 13.4. The van der Waals surface area contributed by atoms with Gasteiger partial charge in [-0.1, -0.05) is 6.07 Å². The van der Waals surface area contributed by atoms with Crippen molar-refractivity contribution in [2.45, 2.75) is 19.5 Å². The summed E-state index contributed by atoms with van der Waals surface area (Å²) in [6.07, 6.45) is -5.14. The molecular weight excluding hydrogens is 355 g/mol. The lowest BCUT2D eigenvalue weighted by atomic mass is 9.82. The van der Waals surface area contributed by atoms with E-state index in [4.69, 9.17) is 0 Å². The van der Waals surface area contributed by atoms with Gasteiger partial charge in [-0.2, -0.15) is 13.2 Å². The Morgan fingerprint density at radius 2 is 1.58 bits per heavy atom. The summed E-state index contributed by atoms with van der Waals surface area (Å²) in [6.45, 7) is 1.36. The van der Waals surface area contributed by atoms with Crippen LogP contribution in [-0.4, -0.2) is 11.6 Å². The van der Waals surface area contributed by atoms with E-state index < -0.39 is 34.9 Å². The van der Waals surface area contributed by atoms with Crippen molar-refractivity contribution in [3.05, 3.63) is 81.4 Å². The van der Waals surface area contributed by atoms with Crippen LogP contribution in [0.2, 0.25) is 0 Å². The fourth-order valence-corrected chi connectivity index (χ4v) is 2.89. The highest BCUT2D eigenvalue weighted by Gasteiger charge is 2.35. The average molecular weight is 366 g/mol. The maximum Gasteiger partial charge on any atom is 0.419 e.